The molecule has 0 aliphatic heterocycles. The topological polar surface area (TPSA) is 58.2 Å². The van der Waals surface area contributed by atoms with Crippen LogP contribution in [0.25, 0.3) is 0 Å². The molecule has 4 nitrogen and oxygen atoms in total. The summed E-state index contributed by atoms with van der Waals surface area (Å²) in [6, 6.07) is 7.25. The number of nitrogens with one attached hydrogen (secondary N) is 2. The lowest BCUT2D eigenvalue weighted by molar-refractivity contribution is -0.124. The van der Waals surface area contributed by atoms with E-state index < -0.39 is 0 Å². The number of thioether (sulfide) groups is 1. The number of hydrogen-bond donors (Lipinski definition) is 2. The van der Waals surface area contributed by atoms with Gasteiger partial charge in [-0.15, -0.1) is 11.8 Å². The summed E-state index contributed by atoms with van der Waals surface area (Å²) < 4.78 is 0. The Bertz CT molecular complexity index is 409. The van der Waals surface area contributed by atoms with Crippen LogP contribution < -0.4 is 10.6 Å². The fourth-order valence-corrected chi connectivity index (χ4v) is 2.02. The van der Waals surface area contributed by atoms with Crippen LogP contribution in [-0.4, -0.2) is 30.7 Å². The van der Waals surface area contributed by atoms with Gasteiger partial charge in [-0.25, -0.2) is 0 Å². The van der Waals surface area contributed by atoms with E-state index in [0.717, 1.165) is 4.90 Å². The number of carbonyl (C=O) groups excluding carboxylic acids is 2. The molecule has 0 bridgehead atoms. The summed E-state index contributed by atoms with van der Waals surface area (Å²) in [4.78, 5) is 23.5. The van der Waals surface area contributed by atoms with Crippen molar-refractivity contribution in [1.29, 1.82) is 0 Å². The smallest absolute Gasteiger partial charge is 0.239 e. The Morgan fingerprint density at radius 1 is 1.17 bits per heavy atom. The Hall–Kier alpha value is -1.20. The first kappa shape index (κ1) is 14.9. The fraction of sp³-hybridized carbons (Fsp3) is 0.333. The van der Waals surface area contributed by atoms with Gasteiger partial charge in [0.15, 0.2) is 0 Å². The zero-order valence-corrected chi connectivity index (χ0v) is 11.6. The highest BCUT2D eigenvalue weighted by atomic mass is 35.5. The quantitative estimate of drug-likeness (QED) is 0.783. The van der Waals surface area contributed by atoms with Crippen LogP contribution in [0.15, 0.2) is 29.2 Å². The fourth-order valence-electron chi connectivity index (χ4n) is 1.17. The number of likely N-dealkylation sites (N-methyl/N-ethyl adjacent to an activating group) is 1. The predicted octanol–water partition coefficient (Wildman–Crippen LogP) is 1.68. The lowest BCUT2D eigenvalue weighted by Crippen LogP contribution is -2.37. The van der Waals surface area contributed by atoms with Gasteiger partial charge in [0.25, 0.3) is 0 Å². The monoisotopic (exact) mass is 286 g/mol. The highest BCUT2D eigenvalue weighted by molar-refractivity contribution is 8.00. The average molecular weight is 287 g/mol. The molecule has 98 valence electrons. The highest BCUT2D eigenvalue weighted by Crippen LogP contribution is 2.19. The van der Waals surface area contributed by atoms with E-state index in [1.165, 1.54) is 11.8 Å². The second kappa shape index (κ2) is 8.00. The normalized spacial score (nSPS) is 9.89. The van der Waals surface area contributed by atoms with Gasteiger partial charge in [0.2, 0.25) is 11.8 Å². The molecule has 2 amide bonds. The highest BCUT2D eigenvalue weighted by Gasteiger charge is 2.05. The predicted molar refractivity (Wildman–Crippen MR) is 73.9 cm³/mol. The van der Waals surface area contributed by atoms with Crippen molar-refractivity contribution in [1.82, 2.24) is 10.6 Å². The van der Waals surface area contributed by atoms with Crippen molar-refractivity contribution in [2.24, 2.45) is 0 Å². The molecule has 0 spiro atoms. The molecule has 0 fully saturated rings. The van der Waals surface area contributed by atoms with E-state index in [1.807, 2.05) is 19.1 Å². The van der Waals surface area contributed by atoms with Gasteiger partial charge in [0, 0.05) is 16.5 Å². The minimum absolute atomic E-state index is 0.0217. The van der Waals surface area contributed by atoms with Gasteiger partial charge in [-0.1, -0.05) is 11.6 Å². The summed E-state index contributed by atoms with van der Waals surface area (Å²) in [5.41, 5.74) is 0. The molecule has 18 heavy (non-hydrogen) atoms. The number of amides is 2. The first-order valence-corrected chi connectivity index (χ1v) is 6.90. The zero-order chi connectivity index (χ0) is 13.4. The van der Waals surface area contributed by atoms with Gasteiger partial charge in [-0.3, -0.25) is 9.59 Å². The summed E-state index contributed by atoms with van der Waals surface area (Å²) in [5, 5.41) is 5.82. The van der Waals surface area contributed by atoms with E-state index >= 15 is 0 Å². The van der Waals surface area contributed by atoms with Crippen LogP contribution in [0.3, 0.4) is 0 Å². The van der Waals surface area contributed by atoms with Gasteiger partial charge >= 0.3 is 0 Å². The van der Waals surface area contributed by atoms with Crippen LogP contribution in [0.1, 0.15) is 6.92 Å². The molecular formula is C12H15ClN2O2S. The molecule has 0 heterocycles. The number of rotatable bonds is 6. The second-order valence-corrected chi connectivity index (χ2v) is 4.96. The van der Waals surface area contributed by atoms with Crippen molar-refractivity contribution in [3.63, 3.8) is 0 Å². The van der Waals surface area contributed by atoms with Crippen molar-refractivity contribution in [3.8, 4) is 0 Å². The van der Waals surface area contributed by atoms with E-state index in [2.05, 4.69) is 10.6 Å². The first-order valence-electron chi connectivity index (χ1n) is 5.53. The second-order valence-electron chi connectivity index (χ2n) is 3.47. The van der Waals surface area contributed by atoms with E-state index in [4.69, 9.17) is 11.6 Å². The molecule has 6 heteroatoms. The molecule has 0 aliphatic rings. The van der Waals surface area contributed by atoms with Crippen LogP contribution in [0.5, 0.6) is 0 Å². The van der Waals surface area contributed by atoms with Crippen molar-refractivity contribution in [2.75, 3.05) is 18.8 Å². The third kappa shape index (κ3) is 5.93. The van der Waals surface area contributed by atoms with Gasteiger partial charge < -0.3 is 10.6 Å². The lowest BCUT2D eigenvalue weighted by Gasteiger charge is -2.05. The molecule has 0 unspecified atom stereocenters. The van der Waals surface area contributed by atoms with Crippen molar-refractivity contribution in [3.05, 3.63) is 29.3 Å². The molecule has 1 aromatic carbocycles. The summed E-state index contributed by atoms with van der Waals surface area (Å²) in [6.07, 6.45) is 0. The SMILES string of the molecule is CCNC(=O)CNC(=O)CSc1ccc(Cl)cc1. The van der Waals surface area contributed by atoms with Crippen molar-refractivity contribution in [2.45, 2.75) is 11.8 Å². The van der Waals surface area contributed by atoms with Gasteiger partial charge in [-0.05, 0) is 31.2 Å². The third-order valence-corrected chi connectivity index (χ3v) is 3.27. The number of benzene rings is 1. The molecule has 0 aromatic heterocycles. The molecule has 2 N–H and O–H groups in total. The largest absolute Gasteiger partial charge is 0.355 e. The first-order chi connectivity index (χ1) is 8.61. The van der Waals surface area contributed by atoms with Crippen LogP contribution in [0.2, 0.25) is 5.02 Å². The van der Waals surface area contributed by atoms with Crippen LogP contribution >= 0.6 is 23.4 Å². The Labute approximate surface area is 115 Å². The molecule has 0 aliphatic carbocycles. The molecular weight excluding hydrogens is 272 g/mol. The molecule has 0 atom stereocenters. The van der Waals surface area contributed by atoms with Gasteiger partial charge in [-0.2, -0.15) is 0 Å². The summed E-state index contributed by atoms with van der Waals surface area (Å²) in [5.74, 6) is -0.0651. The van der Waals surface area contributed by atoms with Crippen molar-refractivity contribution >= 4 is 35.2 Å². The van der Waals surface area contributed by atoms with Crippen LogP contribution in [-0.2, 0) is 9.59 Å². The number of halogens is 1. The summed E-state index contributed by atoms with van der Waals surface area (Å²) in [7, 11) is 0. The Morgan fingerprint density at radius 2 is 1.83 bits per heavy atom. The van der Waals surface area contributed by atoms with Crippen LogP contribution in [0.4, 0.5) is 0 Å². The van der Waals surface area contributed by atoms with Gasteiger partial charge in [0.05, 0.1) is 12.3 Å². The van der Waals surface area contributed by atoms with Crippen LogP contribution in [0, 0.1) is 0 Å². The van der Waals surface area contributed by atoms with E-state index in [0.29, 0.717) is 11.6 Å². The summed E-state index contributed by atoms with van der Waals surface area (Å²) >= 11 is 7.16. The minimum atomic E-state index is -0.178. The van der Waals surface area contributed by atoms with E-state index in [1.54, 1.807) is 12.1 Å². The Morgan fingerprint density at radius 3 is 2.44 bits per heavy atom. The molecule has 1 aromatic rings. The van der Waals surface area contributed by atoms with Gasteiger partial charge in [0.1, 0.15) is 0 Å². The Balaban J connectivity index is 2.24. The maximum atomic E-state index is 11.5. The third-order valence-electron chi connectivity index (χ3n) is 2.00. The maximum Gasteiger partial charge on any atom is 0.239 e. The lowest BCUT2D eigenvalue weighted by atomic mass is 10.4. The Kier molecular flexibility index (Phi) is 6.60. The summed E-state index contributed by atoms with van der Waals surface area (Å²) in [6.45, 7) is 2.41. The molecule has 0 saturated heterocycles. The minimum Gasteiger partial charge on any atom is -0.355 e. The maximum absolute atomic E-state index is 11.5. The van der Waals surface area contributed by atoms with Crippen molar-refractivity contribution < 1.29 is 9.59 Å². The van der Waals surface area contributed by atoms with E-state index in [-0.39, 0.29) is 24.1 Å². The number of carbonyl (C=O) groups is 2. The van der Waals surface area contributed by atoms with E-state index in [9.17, 15) is 9.59 Å². The average Bonchev–Trinajstić information content (AvgIpc) is 2.36. The molecule has 0 saturated carbocycles. The molecule has 0 radical (unpaired) electrons. The standard InChI is InChI=1S/C12H15ClN2O2S/c1-2-14-11(16)7-15-12(17)8-18-10-5-3-9(13)4-6-10/h3-6H,2,7-8H2,1H3,(H,14,16)(H,15,17). The number of hydrogen-bond acceptors (Lipinski definition) is 3. The molecule has 1 rings (SSSR count). The zero-order valence-electron chi connectivity index (χ0n) is 10.0.